The Morgan fingerprint density at radius 2 is 1.25 bits per heavy atom. The summed E-state index contributed by atoms with van der Waals surface area (Å²) in [5, 5.41) is 0. The fourth-order valence-electron chi connectivity index (χ4n) is 0. The molecule has 0 aliphatic heterocycles. The summed E-state index contributed by atoms with van der Waals surface area (Å²) in [6, 6.07) is 0. The van der Waals surface area contributed by atoms with Crippen LogP contribution in [0.2, 0.25) is 0 Å². The van der Waals surface area contributed by atoms with Crippen molar-refractivity contribution < 1.29 is 35.9 Å². The Balaban J connectivity index is 1.97. The van der Waals surface area contributed by atoms with Crippen molar-refractivity contribution in [2.24, 2.45) is 0 Å². The molecule has 0 aromatic carbocycles. The van der Waals surface area contributed by atoms with Crippen molar-refractivity contribution in [3.63, 3.8) is 0 Å². The first kappa shape index (κ1) is 6.02. The molecule has 0 N–H and O–H groups in total. The minimum atomic E-state index is 1.76. The van der Waals surface area contributed by atoms with Crippen LogP contribution >= 0.6 is 17.2 Å². The van der Waals surface area contributed by atoms with Gasteiger partial charge in [0.2, 0.25) is 0 Å². The van der Waals surface area contributed by atoms with Crippen LogP contribution in [0.3, 0.4) is 0 Å². The SMILES string of the molecule is [Re][S][S][Re]. The molecule has 0 aromatic heterocycles. The molecule has 0 heterocycles. The van der Waals surface area contributed by atoms with Gasteiger partial charge in [-0.25, -0.2) is 0 Å². The molecule has 0 atom stereocenters. The topological polar surface area (TPSA) is 0 Å². The Bertz CT molecular complexity index is 6.00. The minimum absolute atomic E-state index is 1.76. The van der Waals surface area contributed by atoms with Crippen molar-refractivity contribution in [3.8, 4) is 0 Å². The van der Waals surface area contributed by atoms with E-state index in [1.54, 1.807) is 35.9 Å². The summed E-state index contributed by atoms with van der Waals surface area (Å²) in [7, 11) is 3.71. The van der Waals surface area contributed by atoms with Gasteiger partial charge in [0, 0.05) is 0 Å². The number of rotatable bonds is 1. The van der Waals surface area contributed by atoms with Crippen LogP contribution in [0.15, 0.2) is 0 Å². The molecule has 26 valence electrons. The van der Waals surface area contributed by atoms with Crippen molar-refractivity contribution in [2.75, 3.05) is 0 Å². The van der Waals surface area contributed by atoms with E-state index in [1.807, 2.05) is 17.2 Å². The fraction of sp³-hybridized carbons (Fsp3) is 0. The first-order valence-corrected chi connectivity index (χ1v) is 9.08. The van der Waals surface area contributed by atoms with E-state index in [1.165, 1.54) is 0 Å². The Labute approximate surface area is 52.6 Å². The summed E-state index contributed by atoms with van der Waals surface area (Å²) in [5.74, 6) is 0. The third-order valence-electron chi connectivity index (χ3n) is 0.0238. The predicted octanol–water partition coefficient (Wildman–Crippen LogP) is 1.29. The summed E-state index contributed by atoms with van der Waals surface area (Å²) < 4.78 is 0. The van der Waals surface area contributed by atoms with E-state index in [9.17, 15) is 0 Å². The van der Waals surface area contributed by atoms with Gasteiger partial charge in [-0.3, -0.25) is 0 Å². The summed E-state index contributed by atoms with van der Waals surface area (Å²) >= 11 is 3.52. The van der Waals surface area contributed by atoms with Gasteiger partial charge < -0.3 is 0 Å². The maximum absolute atomic E-state index is 1.85. The molecule has 0 rings (SSSR count). The Morgan fingerprint density at radius 1 is 1.00 bits per heavy atom. The van der Waals surface area contributed by atoms with Crippen molar-refractivity contribution in [2.45, 2.75) is 0 Å². The van der Waals surface area contributed by atoms with Gasteiger partial charge in [-0.2, -0.15) is 0 Å². The van der Waals surface area contributed by atoms with Gasteiger partial charge in [0.05, 0.1) is 0 Å². The average Bonchev–Trinajstić information content (AvgIpc) is 1.37. The zero-order valence-electron chi connectivity index (χ0n) is 1.57. The standard InChI is InChI=1S/2Re.S2/c;;1-2/q2*+1;-2. The zero-order valence-corrected chi connectivity index (χ0v) is 8.64. The van der Waals surface area contributed by atoms with E-state index >= 15 is 0 Å². The van der Waals surface area contributed by atoms with Crippen molar-refractivity contribution >= 4 is 17.2 Å². The first-order chi connectivity index (χ1) is 1.91. The number of hydrogen-bond donors (Lipinski definition) is 0. The van der Waals surface area contributed by atoms with E-state index in [-0.39, 0.29) is 0 Å². The molecule has 4 heavy (non-hydrogen) atoms. The van der Waals surface area contributed by atoms with E-state index in [0.717, 1.165) is 0 Å². The van der Waals surface area contributed by atoms with Gasteiger partial charge in [0.25, 0.3) is 0 Å². The van der Waals surface area contributed by atoms with Crippen LogP contribution in [0.25, 0.3) is 0 Å². The second kappa shape index (κ2) is 5.02. The van der Waals surface area contributed by atoms with Crippen LogP contribution in [0.1, 0.15) is 0 Å². The van der Waals surface area contributed by atoms with E-state index in [2.05, 4.69) is 0 Å². The molecule has 0 saturated heterocycles. The predicted molar refractivity (Wildman–Crippen MR) is 15.2 cm³/mol. The van der Waals surface area contributed by atoms with Crippen LogP contribution in [0.5, 0.6) is 0 Å². The second-order valence-corrected chi connectivity index (χ2v) is 9.28. The van der Waals surface area contributed by atoms with Crippen molar-refractivity contribution in [1.82, 2.24) is 0 Å². The van der Waals surface area contributed by atoms with Crippen LogP contribution in [-0.2, 0) is 35.9 Å². The first-order valence-electron chi connectivity index (χ1n) is 0.475. The molecule has 0 aliphatic carbocycles. The molecule has 0 aliphatic rings. The molecular formula is Re2S2. The molecular weight excluding hydrogens is 437 g/mol. The molecule has 4 heteroatoms. The third-order valence-corrected chi connectivity index (χ3v) is 14.4. The van der Waals surface area contributed by atoms with Crippen molar-refractivity contribution in [3.05, 3.63) is 0 Å². The second-order valence-electron chi connectivity index (χ2n) is 0.126. The van der Waals surface area contributed by atoms with E-state index < -0.39 is 0 Å². The Morgan fingerprint density at radius 3 is 1.25 bits per heavy atom. The molecule has 0 fully saturated rings. The van der Waals surface area contributed by atoms with E-state index in [0.29, 0.717) is 0 Å². The third kappa shape index (κ3) is 4.02. The summed E-state index contributed by atoms with van der Waals surface area (Å²) in [5.41, 5.74) is 0. The Hall–Kier alpha value is 2.02. The molecule has 0 nitrogen and oxygen atoms in total. The van der Waals surface area contributed by atoms with Crippen LogP contribution in [0, 0.1) is 0 Å². The normalized spacial score (nSPS) is 7.50. The molecule has 0 amide bonds. The molecule has 0 spiro atoms. The quantitative estimate of drug-likeness (QED) is 0.569. The van der Waals surface area contributed by atoms with Gasteiger partial charge in [0.15, 0.2) is 0 Å². The van der Waals surface area contributed by atoms with Gasteiger partial charge >= 0.3 is 53.1 Å². The molecule has 0 radical (unpaired) electrons. The molecule has 0 bridgehead atoms. The summed E-state index contributed by atoms with van der Waals surface area (Å²) in [6.45, 7) is 0. The molecule has 0 aromatic rings. The monoisotopic (exact) mass is 438 g/mol. The molecule has 0 saturated carbocycles. The van der Waals surface area contributed by atoms with Crippen LogP contribution in [0.4, 0.5) is 0 Å². The zero-order chi connectivity index (χ0) is 3.41. The van der Waals surface area contributed by atoms with Crippen molar-refractivity contribution in [1.29, 1.82) is 0 Å². The van der Waals surface area contributed by atoms with Crippen LogP contribution < -0.4 is 0 Å². The molecule has 0 unspecified atom stereocenters. The van der Waals surface area contributed by atoms with Gasteiger partial charge in [-0.1, -0.05) is 0 Å². The van der Waals surface area contributed by atoms with Gasteiger partial charge in [-0.05, 0) is 0 Å². The maximum atomic E-state index is 1.85. The fourth-order valence-corrected chi connectivity index (χ4v) is 0. The Kier molecular flexibility index (Phi) is 7.57. The van der Waals surface area contributed by atoms with Crippen LogP contribution in [-0.4, -0.2) is 0 Å². The summed E-state index contributed by atoms with van der Waals surface area (Å²) in [4.78, 5) is 0. The average molecular weight is 437 g/mol. The van der Waals surface area contributed by atoms with Gasteiger partial charge in [-0.15, -0.1) is 0 Å². The number of hydrogen-bond acceptors (Lipinski definition) is 2. The summed E-state index contributed by atoms with van der Waals surface area (Å²) in [6.07, 6.45) is 0. The van der Waals surface area contributed by atoms with E-state index in [4.69, 9.17) is 0 Å². The van der Waals surface area contributed by atoms with Gasteiger partial charge in [0.1, 0.15) is 0 Å².